The molecule has 1 amide bonds. The molecule has 3 aromatic rings. The van der Waals surface area contributed by atoms with Crippen molar-refractivity contribution in [2.75, 3.05) is 5.32 Å². The van der Waals surface area contributed by atoms with Gasteiger partial charge in [0.1, 0.15) is 6.07 Å². The second-order valence-electron chi connectivity index (χ2n) is 6.22. The second kappa shape index (κ2) is 8.00. The highest BCUT2D eigenvalue weighted by Crippen LogP contribution is 2.30. The Morgan fingerprint density at radius 1 is 1.20 bits per heavy atom. The van der Waals surface area contributed by atoms with Gasteiger partial charge in [0, 0.05) is 17.4 Å². The SMILES string of the molecule is Cc1cc(=O)c(C(=O)Nc2ccc(C#N)c(Cl)c2)nn1-c1cccc(C(F)(F)F)c1. The lowest BCUT2D eigenvalue weighted by Crippen LogP contribution is -2.27. The molecule has 0 fully saturated rings. The number of nitriles is 1. The molecule has 6 nitrogen and oxygen atoms in total. The van der Waals surface area contributed by atoms with E-state index in [4.69, 9.17) is 16.9 Å². The summed E-state index contributed by atoms with van der Waals surface area (Å²) in [6.45, 7) is 1.48. The van der Waals surface area contributed by atoms with Crippen LogP contribution in [0.1, 0.15) is 27.3 Å². The number of aryl methyl sites for hydroxylation is 1. The third-order valence-corrected chi connectivity index (χ3v) is 4.40. The molecule has 1 heterocycles. The van der Waals surface area contributed by atoms with Crippen molar-refractivity contribution in [2.24, 2.45) is 0 Å². The summed E-state index contributed by atoms with van der Waals surface area (Å²) in [7, 11) is 0. The Labute approximate surface area is 173 Å². The van der Waals surface area contributed by atoms with Crippen molar-refractivity contribution >= 4 is 23.2 Å². The molecule has 0 bridgehead atoms. The predicted molar refractivity (Wildman–Crippen MR) is 104 cm³/mol. The van der Waals surface area contributed by atoms with Crippen molar-refractivity contribution in [1.82, 2.24) is 9.78 Å². The van der Waals surface area contributed by atoms with Crippen molar-refractivity contribution in [3.63, 3.8) is 0 Å². The van der Waals surface area contributed by atoms with E-state index in [1.165, 1.54) is 37.3 Å². The summed E-state index contributed by atoms with van der Waals surface area (Å²) in [5.41, 5.74) is -1.40. The third-order valence-electron chi connectivity index (χ3n) is 4.09. The second-order valence-corrected chi connectivity index (χ2v) is 6.63. The molecule has 1 N–H and O–H groups in total. The van der Waals surface area contributed by atoms with Crippen LogP contribution in [0.5, 0.6) is 0 Å². The number of aromatic nitrogens is 2. The maximum atomic E-state index is 13.0. The van der Waals surface area contributed by atoms with E-state index in [-0.39, 0.29) is 27.7 Å². The van der Waals surface area contributed by atoms with Gasteiger partial charge in [0.25, 0.3) is 5.91 Å². The van der Waals surface area contributed by atoms with Crippen molar-refractivity contribution in [2.45, 2.75) is 13.1 Å². The molecule has 152 valence electrons. The number of halogens is 4. The number of alkyl halides is 3. The molecule has 10 heteroatoms. The van der Waals surface area contributed by atoms with E-state index in [0.717, 1.165) is 22.9 Å². The summed E-state index contributed by atoms with van der Waals surface area (Å²) < 4.78 is 40.1. The molecule has 0 saturated carbocycles. The fourth-order valence-electron chi connectivity index (χ4n) is 2.65. The minimum absolute atomic E-state index is 0.0396. The number of hydrogen-bond acceptors (Lipinski definition) is 4. The number of hydrogen-bond donors (Lipinski definition) is 1. The Kier molecular flexibility index (Phi) is 5.62. The van der Waals surface area contributed by atoms with Gasteiger partial charge in [-0.3, -0.25) is 9.59 Å². The molecule has 0 aliphatic rings. The third kappa shape index (κ3) is 4.34. The van der Waals surface area contributed by atoms with Crippen LogP contribution in [0.4, 0.5) is 18.9 Å². The molecule has 2 aromatic carbocycles. The van der Waals surface area contributed by atoms with Crippen LogP contribution >= 0.6 is 11.6 Å². The summed E-state index contributed by atoms with van der Waals surface area (Å²) in [6, 6.07) is 11.5. The maximum absolute atomic E-state index is 13.0. The van der Waals surface area contributed by atoms with Crippen LogP contribution in [-0.2, 0) is 6.18 Å². The van der Waals surface area contributed by atoms with Crippen LogP contribution in [0.25, 0.3) is 5.69 Å². The number of carbonyl (C=O) groups is 1. The van der Waals surface area contributed by atoms with Crippen LogP contribution in [-0.4, -0.2) is 15.7 Å². The van der Waals surface area contributed by atoms with E-state index in [2.05, 4.69) is 10.4 Å². The summed E-state index contributed by atoms with van der Waals surface area (Å²) >= 11 is 5.92. The van der Waals surface area contributed by atoms with Gasteiger partial charge in [-0.1, -0.05) is 17.7 Å². The Hall–Kier alpha value is -3.64. The normalized spacial score (nSPS) is 11.1. The quantitative estimate of drug-likeness (QED) is 0.667. The molecule has 0 spiro atoms. The molecule has 0 aliphatic heterocycles. The van der Waals surface area contributed by atoms with Crippen molar-refractivity contribution in [3.8, 4) is 11.8 Å². The van der Waals surface area contributed by atoms with Crippen LogP contribution in [0.15, 0.2) is 53.3 Å². The molecule has 3 rings (SSSR count). The van der Waals surface area contributed by atoms with Gasteiger partial charge in [-0.15, -0.1) is 0 Å². The highest BCUT2D eigenvalue weighted by molar-refractivity contribution is 6.32. The number of nitrogens with zero attached hydrogens (tertiary/aromatic N) is 3. The number of nitrogens with one attached hydrogen (secondary N) is 1. The number of benzene rings is 2. The Morgan fingerprint density at radius 2 is 1.93 bits per heavy atom. The van der Waals surface area contributed by atoms with Gasteiger partial charge in [0.05, 0.1) is 21.8 Å². The molecular weight excluding hydrogens is 421 g/mol. The zero-order valence-corrected chi connectivity index (χ0v) is 16.0. The number of amides is 1. The van der Waals surface area contributed by atoms with Gasteiger partial charge in [-0.05, 0) is 43.3 Å². The predicted octanol–water partition coefficient (Wildman–Crippen LogP) is 4.34. The van der Waals surface area contributed by atoms with Crippen molar-refractivity contribution < 1.29 is 18.0 Å². The lowest BCUT2D eigenvalue weighted by atomic mass is 10.2. The van der Waals surface area contributed by atoms with Gasteiger partial charge in [-0.25, -0.2) is 4.68 Å². The summed E-state index contributed by atoms with van der Waals surface area (Å²) in [5.74, 6) is -0.874. The Bertz CT molecular complexity index is 1250. The number of rotatable bonds is 3. The fraction of sp³-hybridized carbons (Fsp3) is 0.100. The molecule has 30 heavy (non-hydrogen) atoms. The van der Waals surface area contributed by atoms with Crippen LogP contribution in [0.3, 0.4) is 0 Å². The van der Waals surface area contributed by atoms with E-state index in [1.54, 1.807) is 0 Å². The van der Waals surface area contributed by atoms with Crippen LogP contribution in [0.2, 0.25) is 5.02 Å². The van der Waals surface area contributed by atoms with Crippen molar-refractivity contribution in [1.29, 1.82) is 5.26 Å². The lowest BCUT2D eigenvalue weighted by molar-refractivity contribution is -0.137. The van der Waals surface area contributed by atoms with Crippen LogP contribution in [0, 0.1) is 18.3 Å². The summed E-state index contributed by atoms with van der Waals surface area (Å²) in [6.07, 6.45) is -4.56. The molecule has 0 aliphatic carbocycles. The zero-order chi connectivity index (χ0) is 22.1. The molecule has 0 unspecified atom stereocenters. The molecule has 1 aromatic heterocycles. The highest BCUT2D eigenvalue weighted by Gasteiger charge is 2.30. The summed E-state index contributed by atoms with van der Waals surface area (Å²) in [4.78, 5) is 24.8. The first-order valence-corrected chi connectivity index (χ1v) is 8.77. The standard InChI is InChI=1S/C20H12ClF3N4O2/c1-11-7-17(29)18(19(30)26-14-6-5-12(10-25)16(21)9-14)27-28(11)15-4-2-3-13(8-15)20(22,23)24/h2-9H,1H3,(H,26,30). The zero-order valence-electron chi connectivity index (χ0n) is 15.3. The van der Waals surface area contributed by atoms with E-state index < -0.39 is 28.8 Å². The van der Waals surface area contributed by atoms with Gasteiger partial charge in [0.15, 0.2) is 5.69 Å². The molecule has 0 radical (unpaired) electrons. The Balaban J connectivity index is 2.00. The first kappa shape index (κ1) is 21.1. The van der Waals surface area contributed by atoms with Gasteiger partial charge in [0.2, 0.25) is 5.43 Å². The molecule has 0 atom stereocenters. The van der Waals surface area contributed by atoms with E-state index in [1.807, 2.05) is 6.07 Å². The summed E-state index contributed by atoms with van der Waals surface area (Å²) in [5, 5.41) is 15.4. The number of anilines is 1. The van der Waals surface area contributed by atoms with Gasteiger partial charge in [-0.2, -0.15) is 23.5 Å². The Morgan fingerprint density at radius 3 is 2.57 bits per heavy atom. The molecule has 0 saturated heterocycles. The van der Waals surface area contributed by atoms with Crippen molar-refractivity contribution in [3.05, 3.63) is 86.3 Å². The van der Waals surface area contributed by atoms with Gasteiger partial charge >= 0.3 is 6.18 Å². The monoisotopic (exact) mass is 432 g/mol. The van der Waals surface area contributed by atoms with E-state index >= 15 is 0 Å². The van der Waals surface area contributed by atoms with E-state index in [9.17, 15) is 22.8 Å². The lowest BCUT2D eigenvalue weighted by Gasteiger charge is -2.13. The first-order chi connectivity index (χ1) is 14.1. The smallest absolute Gasteiger partial charge is 0.320 e. The van der Waals surface area contributed by atoms with Crippen LogP contribution < -0.4 is 10.7 Å². The minimum atomic E-state index is -4.56. The topological polar surface area (TPSA) is 87.8 Å². The van der Waals surface area contributed by atoms with E-state index in [0.29, 0.717) is 0 Å². The fourth-order valence-corrected chi connectivity index (χ4v) is 2.88. The maximum Gasteiger partial charge on any atom is 0.416 e. The highest BCUT2D eigenvalue weighted by atomic mass is 35.5. The van der Waals surface area contributed by atoms with Gasteiger partial charge < -0.3 is 5.32 Å². The first-order valence-electron chi connectivity index (χ1n) is 8.40. The number of carbonyl (C=O) groups excluding carboxylic acids is 1. The average Bonchev–Trinajstić information content (AvgIpc) is 2.67. The molecular formula is C20H12ClF3N4O2. The largest absolute Gasteiger partial charge is 0.416 e. The minimum Gasteiger partial charge on any atom is -0.320 e. The average molecular weight is 433 g/mol.